The van der Waals surface area contributed by atoms with E-state index in [1.54, 1.807) is 0 Å². The normalized spacial score (nSPS) is 21.1. The van der Waals surface area contributed by atoms with E-state index in [0.717, 1.165) is 71.0 Å². The number of rotatable bonds is 10. The van der Waals surface area contributed by atoms with Gasteiger partial charge in [-0.25, -0.2) is 0 Å². The predicted molar refractivity (Wildman–Crippen MR) is 98.5 cm³/mol. The van der Waals surface area contributed by atoms with E-state index in [0.29, 0.717) is 12.0 Å². The number of guanidine groups is 1. The van der Waals surface area contributed by atoms with E-state index in [4.69, 9.17) is 14.5 Å². The van der Waals surface area contributed by atoms with E-state index in [2.05, 4.69) is 36.3 Å². The molecule has 0 amide bonds. The molecule has 1 saturated carbocycles. The van der Waals surface area contributed by atoms with Crippen molar-refractivity contribution in [1.82, 2.24) is 15.5 Å². The maximum Gasteiger partial charge on any atom is 0.191 e. The Morgan fingerprint density at radius 2 is 2.00 bits per heavy atom. The summed E-state index contributed by atoms with van der Waals surface area (Å²) in [6, 6.07) is 0.468. The molecule has 2 rings (SSSR count). The van der Waals surface area contributed by atoms with Gasteiger partial charge in [0.2, 0.25) is 0 Å². The fraction of sp³-hybridized carbons (Fsp3) is 0.944. The second-order valence-electron chi connectivity index (χ2n) is 7.12. The van der Waals surface area contributed by atoms with E-state index < -0.39 is 0 Å². The summed E-state index contributed by atoms with van der Waals surface area (Å²) in [6.07, 6.45) is 2.69. The van der Waals surface area contributed by atoms with Gasteiger partial charge in [0.15, 0.2) is 5.96 Å². The Balaban J connectivity index is 1.75. The highest BCUT2D eigenvalue weighted by atomic mass is 16.5. The first kappa shape index (κ1) is 19.5. The van der Waals surface area contributed by atoms with Crippen LogP contribution in [0.2, 0.25) is 0 Å². The molecule has 1 unspecified atom stereocenters. The molecule has 2 fully saturated rings. The van der Waals surface area contributed by atoms with Crippen molar-refractivity contribution in [1.29, 1.82) is 0 Å². The zero-order chi connectivity index (χ0) is 17.2. The molecule has 140 valence electrons. The highest BCUT2D eigenvalue weighted by molar-refractivity contribution is 5.79. The molecule has 1 atom stereocenters. The monoisotopic (exact) mass is 340 g/mol. The van der Waals surface area contributed by atoms with Crippen LogP contribution in [0, 0.1) is 11.8 Å². The summed E-state index contributed by atoms with van der Waals surface area (Å²) >= 11 is 0. The Kier molecular flexibility index (Phi) is 8.84. The Morgan fingerprint density at radius 1 is 1.25 bits per heavy atom. The molecule has 24 heavy (non-hydrogen) atoms. The molecule has 6 nitrogen and oxygen atoms in total. The molecule has 0 aromatic carbocycles. The Morgan fingerprint density at radius 3 is 2.62 bits per heavy atom. The Labute approximate surface area is 147 Å². The molecule has 1 aliphatic heterocycles. The Bertz CT molecular complexity index is 366. The predicted octanol–water partition coefficient (Wildman–Crippen LogP) is 1.32. The van der Waals surface area contributed by atoms with Gasteiger partial charge in [-0.15, -0.1) is 0 Å². The largest absolute Gasteiger partial charge is 0.379 e. The molecular formula is C18H36N4O2. The van der Waals surface area contributed by atoms with Crippen LogP contribution >= 0.6 is 0 Å². The van der Waals surface area contributed by atoms with Gasteiger partial charge in [0.25, 0.3) is 0 Å². The topological polar surface area (TPSA) is 58.1 Å². The number of hydrogen-bond acceptors (Lipinski definition) is 4. The van der Waals surface area contributed by atoms with Crippen molar-refractivity contribution in [2.45, 2.75) is 39.7 Å². The number of hydrogen-bond donors (Lipinski definition) is 2. The minimum absolute atomic E-state index is 0.468. The van der Waals surface area contributed by atoms with Crippen molar-refractivity contribution in [3.63, 3.8) is 0 Å². The van der Waals surface area contributed by atoms with Gasteiger partial charge in [-0.1, -0.05) is 13.8 Å². The van der Waals surface area contributed by atoms with Crippen LogP contribution in [0.4, 0.5) is 0 Å². The standard InChI is InChI=1S/C18H36N4O2/c1-4-19-18(20-7-10-24-14-16-5-6-16)21-13-17(15(2)3)22-8-11-23-12-9-22/h15-17H,4-14H2,1-3H3,(H2,19,20,21). The fourth-order valence-electron chi connectivity index (χ4n) is 2.96. The SMILES string of the molecule is CCNC(=NCC(C(C)C)N1CCOCC1)NCCOCC1CC1. The third kappa shape index (κ3) is 7.36. The maximum absolute atomic E-state index is 5.68. The van der Waals surface area contributed by atoms with E-state index >= 15 is 0 Å². The summed E-state index contributed by atoms with van der Waals surface area (Å²) in [5.41, 5.74) is 0. The molecule has 0 spiro atoms. The molecule has 1 heterocycles. The first-order chi connectivity index (χ1) is 11.7. The van der Waals surface area contributed by atoms with Gasteiger partial charge in [0, 0.05) is 38.8 Å². The maximum atomic E-state index is 5.68. The number of aliphatic imine (C=N–C) groups is 1. The van der Waals surface area contributed by atoms with Crippen molar-refractivity contribution in [3.8, 4) is 0 Å². The van der Waals surface area contributed by atoms with E-state index in [9.17, 15) is 0 Å². The van der Waals surface area contributed by atoms with Crippen LogP contribution in [0.5, 0.6) is 0 Å². The van der Waals surface area contributed by atoms with Crippen molar-refractivity contribution in [2.75, 3.05) is 59.2 Å². The molecule has 1 aliphatic carbocycles. The lowest BCUT2D eigenvalue weighted by Crippen LogP contribution is -2.48. The van der Waals surface area contributed by atoms with Crippen molar-refractivity contribution in [3.05, 3.63) is 0 Å². The van der Waals surface area contributed by atoms with Crippen LogP contribution in [0.25, 0.3) is 0 Å². The van der Waals surface area contributed by atoms with Crippen molar-refractivity contribution in [2.24, 2.45) is 16.8 Å². The van der Waals surface area contributed by atoms with Gasteiger partial charge in [-0.2, -0.15) is 0 Å². The molecule has 0 bridgehead atoms. The van der Waals surface area contributed by atoms with Gasteiger partial charge in [0.1, 0.15) is 0 Å². The zero-order valence-electron chi connectivity index (χ0n) is 15.7. The number of morpholine rings is 1. The van der Waals surface area contributed by atoms with Gasteiger partial charge in [0.05, 0.1) is 26.4 Å². The summed E-state index contributed by atoms with van der Waals surface area (Å²) in [5.74, 6) is 2.30. The van der Waals surface area contributed by atoms with Crippen molar-refractivity contribution < 1.29 is 9.47 Å². The van der Waals surface area contributed by atoms with E-state index in [-0.39, 0.29) is 0 Å². The number of nitrogens with zero attached hydrogens (tertiary/aromatic N) is 2. The first-order valence-corrected chi connectivity index (χ1v) is 9.62. The molecule has 0 radical (unpaired) electrons. The summed E-state index contributed by atoms with van der Waals surface area (Å²) in [4.78, 5) is 7.33. The van der Waals surface area contributed by atoms with Crippen molar-refractivity contribution >= 4 is 5.96 Å². The molecule has 0 aromatic rings. The minimum Gasteiger partial charge on any atom is -0.379 e. The second-order valence-corrected chi connectivity index (χ2v) is 7.12. The summed E-state index contributed by atoms with van der Waals surface area (Å²) in [6.45, 7) is 14.5. The number of ether oxygens (including phenoxy) is 2. The average molecular weight is 341 g/mol. The van der Waals surface area contributed by atoms with Gasteiger partial charge >= 0.3 is 0 Å². The molecular weight excluding hydrogens is 304 g/mol. The third-order valence-electron chi connectivity index (χ3n) is 4.65. The van der Waals surface area contributed by atoms with Gasteiger partial charge < -0.3 is 20.1 Å². The smallest absolute Gasteiger partial charge is 0.191 e. The fourth-order valence-corrected chi connectivity index (χ4v) is 2.96. The quantitative estimate of drug-likeness (QED) is 0.357. The van der Waals surface area contributed by atoms with E-state index in [1.807, 2.05) is 0 Å². The lowest BCUT2D eigenvalue weighted by atomic mass is 10.0. The summed E-state index contributed by atoms with van der Waals surface area (Å²) in [5, 5.41) is 6.71. The van der Waals surface area contributed by atoms with Crippen LogP contribution in [-0.2, 0) is 9.47 Å². The van der Waals surface area contributed by atoms with Crippen LogP contribution in [0.3, 0.4) is 0 Å². The summed E-state index contributed by atoms with van der Waals surface area (Å²) < 4.78 is 11.2. The zero-order valence-corrected chi connectivity index (χ0v) is 15.7. The number of nitrogens with one attached hydrogen (secondary N) is 2. The van der Waals surface area contributed by atoms with Crippen LogP contribution < -0.4 is 10.6 Å². The second kappa shape index (κ2) is 10.9. The van der Waals surface area contributed by atoms with Gasteiger partial charge in [-0.3, -0.25) is 9.89 Å². The molecule has 2 aliphatic rings. The van der Waals surface area contributed by atoms with Crippen LogP contribution in [0.15, 0.2) is 4.99 Å². The molecule has 0 aromatic heterocycles. The minimum atomic E-state index is 0.468. The van der Waals surface area contributed by atoms with Crippen LogP contribution in [0.1, 0.15) is 33.6 Å². The molecule has 2 N–H and O–H groups in total. The molecule has 6 heteroatoms. The highest BCUT2D eigenvalue weighted by Crippen LogP contribution is 2.28. The van der Waals surface area contributed by atoms with E-state index in [1.165, 1.54) is 12.8 Å². The third-order valence-corrected chi connectivity index (χ3v) is 4.65. The first-order valence-electron chi connectivity index (χ1n) is 9.62. The van der Waals surface area contributed by atoms with Gasteiger partial charge in [-0.05, 0) is 31.6 Å². The highest BCUT2D eigenvalue weighted by Gasteiger charge is 2.23. The van der Waals surface area contributed by atoms with Crippen LogP contribution in [-0.4, -0.2) is 76.1 Å². The average Bonchev–Trinajstić information content (AvgIpc) is 3.39. The molecule has 1 saturated heterocycles. The Hall–Kier alpha value is -0.850. The summed E-state index contributed by atoms with van der Waals surface area (Å²) in [7, 11) is 0. The lowest BCUT2D eigenvalue weighted by molar-refractivity contribution is 0.00867. The lowest BCUT2D eigenvalue weighted by Gasteiger charge is -2.36.